The monoisotopic (exact) mass is 340 g/mol. The van der Waals surface area contributed by atoms with E-state index < -0.39 is 0 Å². The summed E-state index contributed by atoms with van der Waals surface area (Å²) in [5.41, 5.74) is 1.90. The molecule has 3 aromatic rings. The Balaban J connectivity index is 1.94. The minimum Gasteiger partial charge on any atom is -0.497 e. The molecular weight excluding hydrogens is 324 g/mol. The summed E-state index contributed by atoms with van der Waals surface area (Å²) in [7, 11) is 1.62. The first-order valence-corrected chi connectivity index (χ1v) is 8.50. The third-order valence-electron chi connectivity index (χ3n) is 3.50. The Bertz CT molecular complexity index is 894. The number of hydrogen-bond donors (Lipinski definition) is 0. The van der Waals surface area contributed by atoms with Gasteiger partial charge in [0.1, 0.15) is 5.75 Å². The molecule has 0 N–H and O–H groups in total. The number of nitrogens with zero attached hydrogens (tertiary/aromatic N) is 4. The van der Waals surface area contributed by atoms with Crippen molar-refractivity contribution in [1.29, 1.82) is 0 Å². The number of thioether (sulfide) groups is 1. The molecule has 2 aromatic heterocycles. The third-order valence-corrected chi connectivity index (χ3v) is 4.06. The van der Waals surface area contributed by atoms with Crippen molar-refractivity contribution in [3.63, 3.8) is 0 Å². The summed E-state index contributed by atoms with van der Waals surface area (Å²) in [6.07, 6.45) is 5.16. The Kier molecular flexibility index (Phi) is 4.90. The van der Waals surface area contributed by atoms with Gasteiger partial charge in [0.25, 0.3) is 5.56 Å². The van der Waals surface area contributed by atoms with Gasteiger partial charge in [-0.2, -0.15) is 5.10 Å². The number of hydrogen-bond acceptors (Lipinski definition) is 6. The SMILES string of the molecule is COc1ccc(Cn2nccc(-c3ccnc(SC)n3)c2=O)cc1. The van der Waals surface area contributed by atoms with E-state index in [1.54, 1.807) is 31.6 Å². The zero-order chi connectivity index (χ0) is 16.9. The van der Waals surface area contributed by atoms with E-state index >= 15 is 0 Å². The number of ether oxygens (including phenoxy) is 1. The molecule has 0 saturated heterocycles. The summed E-state index contributed by atoms with van der Waals surface area (Å²) in [5.74, 6) is 0.776. The Morgan fingerprint density at radius 3 is 2.62 bits per heavy atom. The molecule has 0 unspecified atom stereocenters. The average Bonchev–Trinajstić information content (AvgIpc) is 2.64. The molecule has 6 nitrogen and oxygen atoms in total. The van der Waals surface area contributed by atoms with Crippen molar-refractivity contribution in [3.8, 4) is 17.0 Å². The molecule has 0 spiro atoms. The lowest BCUT2D eigenvalue weighted by Crippen LogP contribution is -2.24. The molecule has 0 amide bonds. The van der Waals surface area contributed by atoms with Gasteiger partial charge in [-0.1, -0.05) is 23.9 Å². The van der Waals surface area contributed by atoms with Crippen LogP contribution < -0.4 is 10.3 Å². The summed E-state index contributed by atoms with van der Waals surface area (Å²) < 4.78 is 6.57. The van der Waals surface area contributed by atoms with Crippen LogP contribution >= 0.6 is 11.8 Å². The molecule has 122 valence electrons. The van der Waals surface area contributed by atoms with Crippen molar-refractivity contribution in [1.82, 2.24) is 19.7 Å². The zero-order valence-electron chi connectivity index (χ0n) is 13.3. The molecule has 0 aliphatic heterocycles. The van der Waals surface area contributed by atoms with Crippen molar-refractivity contribution in [2.24, 2.45) is 0 Å². The number of benzene rings is 1. The highest BCUT2D eigenvalue weighted by Gasteiger charge is 2.10. The molecule has 2 heterocycles. The van der Waals surface area contributed by atoms with Crippen LogP contribution in [0.25, 0.3) is 11.3 Å². The first-order chi connectivity index (χ1) is 11.7. The molecule has 0 aliphatic rings. The summed E-state index contributed by atoms with van der Waals surface area (Å²) in [5, 5.41) is 4.80. The van der Waals surface area contributed by atoms with Gasteiger partial charge in [-0.3, -0.25) is 4.79 Å². The van der Waals surface area contributed by atoms with E-state index in [4.69, 9.17) is 4.74 Å². The van der Waals surface area contributed by atoms with Crippen LogP contribution in [0.1, 0.15) is 5.56 Å². The summed E-state index contributed by atoms with van der Waals surface area (Å²) in [4.78, 5) is 21.2. The largest absolute Gasteiger partial charge is 0.497 e. The second-order valence-electron chi connectivity index (χ2n) is 4.98. The molecular formula is C17H16N4O2S. The summed E-state index contributed by atoms with van der Waals surface area (Å²) in [6.45, 7) is 0.386. The highest BCUT2D eigenvalue weighted by atomic mass is 32.2. The van der Waals surface area contributed by atoms with Gasteiger partial charge in [-0.25, -0.2) is 14.6 Å². The fourth-order valence-electron chi connectivity index (χ4n) is 2.25. The first-order valence-electron chi connectivity index (χ1n) is 7.27. The maximum atomic E-state index is 12.7. The predicted molar refractivity (Wildman–Crippen MR) is 93.4 cm³/mol. The first kappa shape index (κ1) is 16.2. The molecule has 0 aliphatic carbocycles. The summed E-state index contributed by atoms with van der Waals surface area (Å²) >= 11 is 1.44. The van der Waals surface area contributed by atoms with Gasteiger partial charge >= 0.3 is 0 Å². The highest BCUT2D eigenvalue weighted by Crippen LogP contribution is 2.16. The second-order valence-corrected chi connectivity index (χ2v) is 5.76. The van der Waals surface area contributed by atoms with Crippen LogP contribution in [-0.4, -0.2) is 33.1 Å². The Morgan fingerprint density at radius 2 is 1.92 bits per heavy atom. The Hall–Kier alpha value is -2.67. The van der Waals surface area contributed by atoms with Gasteiger partial charge in [-0.15, -0.1) is 0 Å². The molecule has 0 radical (unpaired) electrons. The van der Waals surface area contributed by atoms with E-state index in [1.807, 2.05) is 30.5 Å². The van der Waals surface area contributed by atoms with Crippen molar-refractivity contribution in [2.45, 2.75) is 11.7 Å². The van der Waals surface area contributed by atoms with Gasteiger partial charge in [0.15, 0.2) is 5.16 Å². The topological polar surface area (TPSA) is 69.9 Å². The van der Waals surface area contributed by atoms with Crippen LogP contribution in [0.3, 0.4) is 0 Å². The van der Waals surface area contributed by atoms with E-state index in [2.05, 4.69) is 15.1 Å². The molecule has 24 heavy (non-hydrogen) atoms. The van der Waals surface area contributed by atoms with Gasteiger partial charge in [0.05, 0.1) is 24.9 Å². The normalized spacial score (nSPS) is 10.6. The van der Waals surface area contributed by atoms with Crippen LogP contribution in [-0.2, 0) is 6.54 Å². The lowest BCUT2D eigenvalue weighted by atomic mass is 10.2. The Labute approximate surface area is 143 Å². The maximum Gasteiger partial charge on any atom is 0.276 e. The molecule has 0 saturated carbocycles. The van der Waals surface area contributed by atoms with E-state index in [9.17, 15) is 4.79 Å². The minimum atomic E-state index is -0.181. The number of methoxy groups -OCH3 is 1. The standard InChI is InChI=1S/C17H16N4O2S/c1-23-13-5-3-12(4-6-13)11-21-16(22)14(7-10-19-21)15-8-9-18-17(20-15)24-2/h3-10H,11H2,1-2H3. The van der Waals surface area contributed by atoms with Crippen molar-refractivity contribution < 1.29 is 4.74 Å². The van der Waals surface area contributed by atoms with Crippen molar-refractivity contribution in [2.75, 3.05) is 13.4 Å². The quantitative estimate of drug-likeness (QED) is 0.525. The fourth-order valence-corrected chi connectivity index (χ4v) is 2.61. The lowest BCUT2D eigenvalue weighted by molar-refractivity contribution is 0.414. The fraction of sp³-hybridized carbons (Fsp3) is 0.176. The van der Waals surface area contributed by atoms with Crippen LogP contribution in [0.4, 0.5) is 0 Å². The van der Waals surface area contributed by atoms with Crippen LogP contribution in [0.2, 0.25) is 0 Å². The zero-order valence-corrected chi connectivity index (χ0v) is 14.2. The van der Waals surface area contributed by atoms with E-state index in [-0.39, 0.29) is 5.56 Å². The van der Waals surface area contributed by atoms with Crippen LogP contribution in [0.5, 0.6) is 5.75 Å². The van der Waals surface area contributed by atoms with Crippen molar-refractivity contribution in [3.05, 3.63) is 64.7 Å². The van der Waals surface area contributed by atoms with Gasteiger partial charge in [-0.05, 0) is 36.1 Å². The van der Waals surface area contributed by atoms with Gasteiger partial charge in [0.2, 0.25) is 0 Å². The van der Waals surface area contributed by atoms with Gasteiger partial charge in [0, 0.05) is 12.4 Å². The van der Waals surface area contributed by atoms with E-state index in [0.717, 1.165) is 11.3 Å². The lowest BCUT2D eigenvalue weighted by Gasteiger charge is -2.08. The van der Waals surface area contributed by atoms with E-state index in [1.165, 1.54) is 16.4 Å². The molecule has 0 fully saturated rings. The second kappa shape index (κ2) is 7.27. The number of aromatic nitrogens is 4. The molecule has 3 rings (SSSR count). The minimum absolute atomic E-state index is 0.181. The Morgan fingerprint density at radius 1 is 1.12 bits per heavy atom. The van der Waals surface area contributed by atoms with Crippen LogP contribution in [0.15, 0.2) is 58.7 Å². The van der Waals surface area contributed by atoms with E-state index in [0.29, 0.717) is 23.0 Å². The maximum absolute atomic E-state index is 12.7. The molecule has 0 atom stereocenters. The smallest absolute Gasteiger partial charge is 0.276 e. The van der Waals surface area contributed by atoms with Crippen LogP contribution in [0, 0.1) is 0 Å². The van der Waals surface area contributed by atoms with Crippen molar-refractivity contribution >= 4 is 11.8 Å². The molecule has 1 aromatic carbocycles. The van der Waals surface area contributed by atoms with Gasteiger partial charge < -0.3 is 4.74 Å². The third kappa shape index (κ3) is 3.46. The number of rotatable bonds is 5. The summed E-state index contributed by atoms with van der Waals surface area (Å²) in [6, 6.07) is 11.0. The molecule has 7 heteroatoms. The average molecular weight is 340 g/mol. The molecule has 0 bridgehead atoms. The predicted octanol–water partition coefficient (Wildman–Crippen LogP) is 2.48. The highest BCUT2D eigenvalue weighted by molar-refractivity contribution is 7.98.